The standard InChI is InChI=1S/C9H5BrF2N2O2/c1-16-9(15)6-4(3-13)2-5(8(11)12)7(10)14-6/h2,8H,1H3. The number of hydrogen-bond acceptors (Lipinski definition) is 4. The number of carbonyl (C=O) groups is 1. The van der Waals surface area contributed by atoms with E-state index in [0.29, 0.717) is 0 Å². The number of rotatable bonds is 2. The van der Waals surface area contributed by atoms with Crippen LogP contribution in [0.15, 0.2) is 10.7 Å². The molecule has 0 unspecified atom stereocenters. The predicted molar refractivity (Wildman–Crippen MR) is 52.9 cm³/mol. The summed E-state index contributed by atoms with van der Waals surface area (Å²) in [5.41, 5.74) is -0.976. The molecule has 0 aliphatic heterocycles. The molecular weight excluding hydrogens is 286 g/mol. The third-order valence-electron chi connectivity index (χ3n) is 1.74. The van der Waals surface area contributed by atoms with Gasteiger partial charge in [-0.15, -0.1) is 0 Å². The summed E-state index contributed by atoms with van der Waals surface area (Å²) in [6.45, 7) is 0. The summed E-state index contributed by atoms with van der Waals surface area (Å²) in [5.74, 6) is -0.849. The summed E-state index contributed by atoms with van der Waals surface area (Å²) >= 11 is 2.80. The van der Waals surface area contributed by atoms with E-state index in [1.807, 2.05) is 0 Å². The van der Waals surface area contributed by atoms with Gasteiger partial charge >= 0.3 is 5.97 Å². The fourth-order valence-corrected chi connectivity index (χ4v) is 1.46. The molecule has 0 saturated carbocycles. The Hall–Kier alpha value is -1.55. The number of halogens is 3. The minimum absolute atomic E-state index is 0.179. The van der Waals surface area contributed by atoms with Gasteiger partial charge in [0.05, 0.1) is 18.2 Å². The van der Waals surface area contributed by atoms with Crippen LogP contribution >= 0.6 is 15.9 Å². The Labute approximate surface area is 98.0 Å². The summed E-state index contributed by atoms with van der Waals surface area (Å²) in [4.78, 5) is 14.8. The average Bonchev–Trinajstić information content (AvgIpc) is 2.27. The third kappa shape index (κ3) is 2.33. The Bertz CT molecular complexity index is 471. The molecule has 1 aromatic heterocycles. The molecule has 1 aromatic rings. The normalized spacial score (nSPS) is 10.0. The van der Waals surface area contributed by atoms with Crippen LogP contribution < -0.4 is 0 Å². The molecule has 0 aliphatic carbocycles. The molecule has 0 amide bonds. The number of carbonyl (C=O) groups excluding carboxylic acids is 1. The van der Waals surface area contributed by atoms with Gasteiger partial charge in [-0.3, -0.25) is 0 Å². The number of hydrogen-bond donors (Lipinski definition) is 0. The van der Waals surface area contributed by atoms with E-state index < -0.39 is 18.0 Å². The van der Waals surface area contributed by atoms with Crippen molar-refractivity contribution in [3.8, 4) is 6.07 Å². The first-order valence-corrected chi connectivity index (χ1v) is 4.77. The van der Waals surface area contributed by atoms with E-state index in [9.17, 15) is 13.6 Å². The molecule has 16 heavy (non-hydrogen) atoms. The second-order valence-electron chi connectivity index (χ2n) is 2.67. The van der Waals surface area contributed by atoms with Crippen molar-refractivity contribution in [2.24, 2.45) is 0 Å². The van der Waals surface area contributed by atoms with Gasteiger partial charge in [-0.2, -0.15) is 5.26 Å². The lowest BCUT2D eigenvalue weighted by atomic mass is 10.1. The Balaban J connectivity index is 3.39. The molecule has 84 valence electrons. The minimum atomic E-state index is -2.78. The van der Waals surface area contributed by atoms with Crippen molar-refractivity contribution in [1.29, 1.82) is 5.26 Å². The molecule has 0 aromatic carbocycles. The summed E-state index contributed by atoms with van der Waals surface area (Å²) in [6, 6.07) is 2.53. The number of pyridine rings is 1. The highest BCUT2D eigenvalue weighted by atomic mass is 79.9. The Morgan fingerprint density at radius 2 is 2.31 bits per heavy atom. The number of methoxy groups -OCH3 is 1. The Kier molecular flexibility index (Phi) is 3.90. The smallest absolute Gasteiger partial charge is 0.358 e. The number of ether oxygens (including phenoxy) is 1. The Morgan fingerprint density at radius 1 is 1.69 bits per heavy atom. The summed E-state index contributed by atoms with van der Waals surface area (Å²) in [5, 5.41) is 8.70. The van der Waals surface area contributed by atoms with Crippen LogP contribution in [0.3, 0.4) is 0 Å². The first-order chi connectivity index (χ1) is 7.51. The number of alkyl halides is 2. The van der Waals surface area contributed by atoms with Gasteiger partial charge in [0.15, 0.2) is 5.69 Å². The van der Waals surface area contributed by atoms with E-state index in [1.165, 1.54) is 0 Å². The van der Waals surface area contributed by atoms with Crippen molar-refractivity contribution < 1.29 is 18.3 Å². The summed E-state index contributed by atoms with van der Waals surface area (Å²) in [6.07, 6.45) is -2.78. The molecule has 0 atom stereocenters. The van der Waals surface area contributed by atoms with Crippen LogP contribution in [-0.4, -0.2) is 18.1 Å². The first-order valence-electron chi connectivity index (χ1n) is 3.98. The maximum absolute atomic E-state index is 12.5. The maximum Gasteiger partial charge on any atom is 0.358 e. The lowest BCUT2D eigenvalue weighted by Crippen LogP contribution is -2.09. The quantitative estimate of drug-likeness (QED) is 0.620. The highest BCUT2D eigenvalue weighted by Crippen LogP contribution is 2.27. The van der Waals surface area contributed by atoms with E-state index in [0.717, 1.165) is 13.2 Å². The fourth-order valence-electron chi connectivity index (χ4n) is 0.997. The molecule has 0 bridgehead atoms. The fraction of sp³-hybridized carbons (Fsp3) is 0.222. The van der Waals surface area contributed by atoms with Gasteiger partial charge in [-0.25, -0.2) is 18.6 Å². The largest absolute Gasteiger partial charge is 0.464 e. The van der Waals surface area contributed by atoms with E-state index in [4.69, 9.17) is 5.26 Å². The van der Waals surface area contributed by atoms with E-state index in [1.54, 1.807) is 6.07 Å². The van der Waals surface area contributed by atoms with E-state index in [2.05, 4.69) is 25.7 Å². The molecule has 4 nitrogen and oxygen atoms in total. The van der Waals surface area contributed by atoms with E-state index >= 15 is 0 Å². The highest BCUT2D eigenvalue weighted by Gasteiger charge is 2.21. The SMILES string of the molecule is COC(=O)c1nc(Br)c(C(F)F)cc1C#N. The average molecular weight is 291 g/mol. The van der Waals surface area contributed by atoms with Crippen LogP contribution in [0.2, 0.25) is 0 Å². The molecule has 1 rings (SSSR count). The van der Waals surface area contributed by atoms with Crippen molar-refractivity contribution in [2.75, 3.05) is 7.11 Å². The van der Waals surface area contributed by atoms with Crippen LogP contribution in [0, 0.1) is 11.3 Å². The van der Waals surface area contributed by atoms with Crippen molar-refractivity contribution in [2.45, 2.75) is 6.43 Å². The van der Waals surface area contributed by atoms with Crippen molar-refractivity contribution in [1.82, 2.24) is 4.98 Å². The van der Waals surface area contributed by atoms with Crippen LogP contribution in [-0.2, 0) is 4.74 Å². The second-order valence-corrected chi connectivity index (χ2v) is 3.42. The molecule has 0 spiro atoms. The van der Waals surface area contributed by atoms with Gasteiger partial charge < -0.3 is 4.74 Å². The lowest BCUT2D eigenvalue weighted by Gasteiger charge is -2.06. The monoisotopic (exact) mass is 290 g/mol. The maximum atomic E-state index is 12.5. The van der Waals surface area contributed by atoms with Crippen LogP contribution in [0.25, 0.3) is 0 Å². The number of nitriles is 1. The third-order valence-corrected chi connectivity index (χ3v) is 2.37. The molecule has 0 N–H and O–H groups in total. The van der Waals surface area contributed by atoms with Crippen LogP contribution in [0.1, 0.15) is 28.0 Å². The number of nitrogens with zero attached hydrogens (tertiary/aromatic N) is 2. The van der Waals surface area contributed by atoms with Gasteiger partial charge in [-0.05, 0) is 22.0 Å². The van der Waals surface area contributed by atoms with Crippen molar-refractivity contribution in [3.63, 3.8) is 0 Å². The van der Waals surface area contributed by atoms with E-state index in [-0.39, 0.29) is 15.9 Å². The van der Waals surface area contributed by atoms with Gasteiger partial charge in [0.1, 0.15) is 10.7 Å². The first kappa shape index (κ1) is 12.5. The molecule has 0 aliphatic rings. The Morgan fingerprint density at radius 3 is 2.75 bits per heavy atom. The molecule has 1 heterocycles. The molecule has 7 heteroatoms. The van der Waals surface area contributed by atoms with Crippen LogP contribution in [0.5, 0.6) is 0 Å². The summed E-state index contributed by atoms with van der Waals surface area (Å²) in [7, 11) is 1.11. The van der Waals surface area contributed by atoms with Gasteiger partial charge in [0.25, 0.3) is 6.43 Å². The lowest BCUT2D eigenvalue weighted by molar-refractivity contribution is 0.0592. The second kappa shape index (κ2) is 4.99. The van der Waals surface area contributed by atoms with Crippen molar-refractivity contribution >= 4 is 21.9 Å². The highest BCUT2D eigenvalue weighted by molar-refractivity contribution is 9.10. The van der Waals surface area contributed by atoms with Crippen molar-refractivity contribution in [3.05, 3.63) is 27.5 Å². The molecular formula is C9H5BrF2N2O2. The van der Waals surface area contributed by atoms with Gasteiger partial charge in [-0.1, -0.05) is 0 Å². The van der Waals surface area contributed by atoms with Gasteiger partial charge in [0.2, 0.25) is 0 Å². The zero-order valence-corrected chi connectivity index (χ0v) is 9.59. The summed E-state index contributed by atoms with van der Waals surface area (Å²) < 4.78 is 29.1. The number of aromatic nitrogens is 1. The zero-order chi connectivity index (χ0) is 12.3. The molecule has 0 fully saturated rings. The molecule has 0 saturated heterocycles. The molecule has 0 radical (unpaired) electrons. The number of esters is 1. The minimum Gasteiger partial charge on any atom is -0.464 e. The van der Waals surface area contributed by atoms with Gasteiger partial charge in [0, 0.05) is 0 Å². The zero-order valence-electron chi connectivity index (χ0n) is 8.00. The van der Waals surface area contributed by atoms with Crippen LogP contribution in [0.4, 0.5) is 8.78 Å². The topological polar surface area (TPSA) is 63.0 Å². The predicted octanol–water partition coefficient (Wildman–Crippen LogP) is 2.44.